The number of carbonyl (C=O) groups excluding carboxylic acids is 2. The number of aliphatic hydroxyl groups excluding tert-OH is 1. The van der Waals surface area contributed by atoms with Gasteiger partial charge in [0.25, 0.3) is 0 Å². The Balaban J connectivity index is 3.32. The topological polar surface area (TPSA) is 133 Å². The molecule has 0 aliphatic rings. The summed E-state index contributed by atoms with van der Waals surface area (Å²) in [5, 5.41) is 10.1. The van der Waals surface area contributed by atoms with Gasteiger partial charge in [-0.15, -0.1) is 0 Å². The van der Waals surface area contributed by atoms with Crippen molar-refractivity contribution in [3.8, 4) is 5.75 Å². The number of benzene rings is 1. The minimum Gasteiger partial charge on any atom is -0.615 e. The first-order valence-electron chi connectivity index (χ1n) is 14.5. The molecule has 10 nitrogen and oxygen atoms in total. The van der Waals surface area contributed by atoms with Crippen LogP contribution in [0.15, 0.2) is 24.3 Å². The number of hydrogen-bond acceptors (Lipinski definition) is 11. The zero-order valence-electron chi connectivity index (χ0n) is 28.0. The average Bonchev–Trinajstić information content (AvgIpc) is 2.83. The van der Waals surface area contributed by atoms with E-state index in [2.05, 4.69) is 39.3 Å². The van der Waals surface area contributed by atoms with Crippen molar-refractivity contribution in [1.82, 2.24) is 0 Å². The maximum Gasteiger partial charge on any atom is 0.360 e. The summed E-state index contributed by atoms with van der Waals surface area (Å²) in [6.07, 6.45) is -0.764. The van der Waals surface area contributed by atoms with Gasteiger partial charge in [0.15, 0.2) is 28.9 Å². The molecule has 0 saturated heterocycles. The molecule has 251 valence electrons. The standard InChI is InChI=1S/C26H50O10PS2Si5/c1-20(25(28)31-17-22(3)27)19-44(12,35-42(8,9)10)36-43(11,34-40(4)33-41(5,6)7)18-21(2)26(29)32-23-13-15-24(16-14-23)37(30)39-38/h13-16,20-22,27H,17-19H2,1-12H3. The van der Waals surface area contributed by atoms with Crippen molar-refractivity contribution in [3.05, 3.63) is 24.3 Å². The van der Waals surface area contributed by atoms with Crippen LogP contribution in [0.2, 0.25) is 71.0 Å². The van der Waals surface area contributed by atoms with Crippen LogP contribution in [0.25, 0.3) is 0 Å². The van der Waals surface area contributed by atoms with Crippen molar-refractivity contribution in [2.24, 2.45) is 11.8 Å². The van der Waals surface area contributed by atoms with E-state index in [9.17, 15) is 19.6 Å². The van der Waals surface area contributed by atoms with Gasteiger partial charge < -0.3 is 35.9 Å². The summed E-state index contributed by atoms with van der Waals surface area (Å²) in [5.41, 5.74) is 0. The SMILES string of the molecule is CC(O)COC(=O)C(C)C[Si](C)(O[Si](C)(C)C)O[Si](C)(CC(C)C(=O)Oc1ccc([P+]([O-])=S=S)cc1)O[Si](C)O[Si](C)(C)C. The molecule has 6 unspecified atom stereocenters. The van der Waals surface area contributed by atoms with Crippen molar-refractivity contribution >= 4 is 87.9 Å². The van der Waals surface area contributed by atoms with Gasteiger partial charge in [0.2, 0.25) is 0 Å². The number of rotatable bonds is 18. The molecule has 0 aliphatic heterocycles. The Kier molecular flexibility index (Phi) is 16.9. The lowest BCUT2D eigenvalue weighted by Crippen LogP contribution is -2.59. The van der Waals surface area contributed by atoms with Gasteiger partial charge in [-0.25, -0.2) is 0 Å². The maximum atomic E-state index is 13.3. The molecular weight excluding hydrogens is 708 g/mol. The van der Waals surface area contributed by atoms with E-state index in [1.54, 1.807) is 45.0 Å². The minimum absolute atomic E-state index is 0.0873. The van der Waals surface area contributed by atoms with Gasteiger partial charge in [0.1, 0.15) is 21.9 Å². The van der Waals surface area contributed by atoms with Crippen molar-refractivity contribution < 1.29 is 45.5 Å². The number of esters is 2. The highest BCUT2D eigenvalue weighted by Gasteiger charge is 2.49. The van der Waals surface area contributed by atoms with Crippen LogP contribution in [0.4, 0.5) is 0 Å². The molecule has 6 atom stereocenters. The van der Waals surface area contributed by atoms with Gasteiger partial charge in [-0.1, -0.05) is 13.8 Å². The van der Waals surface area contributed by atoms with E-state index in [0.29, 0.717) is 17.1 Å². The summed E-state index contributed by atoms with van der Waals surface area (Å²) in [4.78, 5) is 38.0. The van der Waals surface area contributed by atoms with Crippen molar-refractivity contribution in [2.45, 2.75) is 97.9 Å². The van der Waals surface area contributed by atoms with Crippen LogP contribution in [0.3, 0.4) is 0 Å². The summed E-state index contributed by atoms with van der Waals surface area (Å²) in [7, 11) is -11.3. The van der Waals surface area contributed by atoms with E-state index in [-0.39, 0.29) is 12.7 Å². The predicted molar refractivity (Wildman–Crippen MR) is 190 cm³/mol. The van der Waals surface area contributed by atoms with Crippen molar-refractivity contribution in [2.75, 3.05) is 6.61 Å². The number of hydrogen-bond donors (Lipinski definition) is 1. The lowest BCUT2D eigenvalue weighted by Gasteiger charge is -2.42. The molecule has 0 amide bonds. The van der Waals surface area contributed by atoms with E-state index in [4.69, 9.17) is 37.1 Å². The molecule has 1 aromatic rings. The van der Waals surface area contributed by atoms with E-state index < -0.39 is 79.8 Å². The van der Waals surface area contributed by atoms with Crippen LogP contribution in [0, 0.1) is 11.8 Å². The first-order valence-corrected chi connectivity index (χ1v) is 31.8. The lowest BCUT2D eigenvalue weighted by molar-refractivity contribution is -0.150. The monoisotopic (exact) mass is 757 g/mol. The van der Waals surface area contributed by atoms with Crippen molar-refractivity contribution in [1.29, 1.82) is 0 Å². The molecular formula is C26H50O10PS2Si5. The number of aliphatic hydroxyl groups is 1. The summed E-state index contributed by atoms with van der Waals surface area (Å²) in [5.74, 6) is -1.68. The third-order valence-electron chi connectivity index (χ3n) is 5.72. The Morgan fingerprint density at radius 3 is 1.89 bits per heavy atom. The van der Waals surface area contributed by atoms with Crippen LogP contribution in [-0.4, -0.2) is 72.8 Å². The molecule has 1 rings (SSSR count). The normalized spacial score (nSPS) is 17.6. The highest BCUT2D eigenvalue weighted by Crippen LogP contribution is 2.33. The van der Waals surface area contributed by atoms with Gasteiger partial charge in [0, 0.05) is 23.3 Å². The number of ether oxygens (including phenoxy) is 2. The molecule has 0 saturated carbocycles. The fraction of sp³-hybridized carbons (Fsp3) is 0.692. The largest absolute Gasteiger partial charge is 0.615 e. The van der Waals surface area contributed by atoms with E-state index in [1.807, 2.05) is 19.6 Å². The first kappa shape index (κ1) is 41.8. The van der Waals surface area contributed by atoms with E-state index in [1.165, 1.54) is 0 Å². The van der Waals surface area contributed by atoms with Crippen LogP contribution in [0.1, 0.15) is 20.8 Å². The first-order chi connectivity index (χ1) is 20.0. The van der Waals surface area contributed by atoms with E-state index in [0.717, 1.165) is 9.50 Å². The molecule has 1 aromatic carbocycles. The average molecular weight is 758 g/mol. The molecule has 0 aromatic heterocycles. The second-order valence-corrected chi connectivity index (χ2v) is 35.3. The van der Waals surface area contributed by atoms with Crippen LogP contribution in [0.5, 0.6) is 5.75 Å². The second kappa shape index (κ2) is 17.8. The van der Waals surface area contributed by atoms with Gasteiger partial charge in [-0.3, -0.25) is 9.59 Å². The Labute approximate surface area is 278 Å². The third kappa shape index (κ3) is 16.5. The highest BCUT2D eigenvalue weighted by atomic mass is 32.9. The molecule has 0 aliphatic carbocycles. The molecule has 0 fully saturated rings. The Bertz CT molecular complexity index is 1160. The highest BCUT2D eigenvalue weighted by molar-refractivity contribution is 8.35. The summed E-state index contributed by atoms with van der Waals surface area (Å²) in [6, 6.07) is 7.06. The summed E-state index contributed by atoms with van der Waals surface area (Å²) in [6.45, 7) is 21.5. The number of carbonyl (C=O) groups is 2. The molecule has 0 bridgehead atoms. The smallest absolute Gasteiger partial charge is 0.360 e. The maximum absolute atomic E-state index is 13.3. The molecule has 18 heteroatoms. The van der Waals surface area contributed by atoms with Crippen LogP contribution in [-0.2, 0) is 51.5 Å². The Morgan fingerprint density at radius 1 is 0.886 bits per heavy atom. The summed E-state index contributed by atoms with van der Waals surface area (Å²) >= 11 is 4.81. The second-order valence-electron chi connectivity index (χ2n) is 13.3. The van der Waals surface area contributed by atoms with Gasteiger partial charge in [-0.2, -0.15) is 0 Å². The van der Waals surface area contributed by atoms with E-state index >= 15 is 0 Å². The fourth-order valence-corrected chi connectivity index (χ4v) is 26.7. The Hall–Kier alpha value is -0.256. The van der Waals surface area contributed by atoms with Crippen LogP contribution >= 0.6 is 6.92 Å². The molecule has 1 N–H and O–H groups in total. The molecule has 1 radical (unpaired) electrons. The van der Waals surface area contributed by atoms with Crippen LogP contribution < -0.4 is 14.9 Å². The zero-order valence-corrected chi connectivity index (χ0v) is 35.6. The zero-order chi connectivity index (χ0) is 34.1. The molecule has 0 spiro atoms. The lowest BCUT2D eigenvalue weighted by atomic mass is 10.2. The van der Waals surface area contributed by atoms with Gasteiger partial charge >= 0.3 is 38.3 Å². The summed E-state index contributed by atoms with van der Waals surface area (Å²) < 4.78 is 37.6. The Morgan fingerprint density at radius 2 is 1.41 bits per heavy atom. The quantitative estimate of drug-likeness (QED) is 0.0974. The minimum atomic E-state index is -3.20. The fourth-order valence-electron chi connectivity index (χ4n) is 4.59. The van der Waals surface area contributed by atoms with Gasteiger partial charge in [0.05, 0.1) is 17.9 Å². The predicted octanol–water partition coefficient (Wildman–Crippen LogP) is 4.63. The molecule has 0 heterocycles. The van der Waals surface area contributed by atoms with Gasteiger partial charge in [-0.05, 0) is 90.1 Å². The molecule has 44 heavy (non-hydrogen) atoms. The third-order valence-corrected chi connectivity index (χ3v) is 25.7. The van der Waals surface area contributed by atoms with Crippen molar-refractivity contribution in [3.63, 3.8) is 0 Å².